The molecule has 93 heavy (non-hydrogen) atoms. The highest BCUT2D eigenvalue weighted by Crippen LogP contribution is 2.55. The van der Waals surface area contributed by atoms with E-state index in [0.29, 0.717) is 0 Å². The highest BCUT2D eigenvalue weighted by molar-refractivity contribution is 7.49. The number of nitrogens with two attached hydrogens (primary N) is 1. The quantitative estimate of drug-likeness (QED) is 0.0343. The molecule has 12 N–H and O–H groups in total. The monoisotopic (exact) mass is 1480 g/mol. The molecule has 8 rings (SSSR count). The Morgan fingerprint density at radius 3 is 1.30 bits per heavy atom. The number of hydrogen-bond donors (Lipinski definition) is 11. The van der Waals surface area contributed by atoms with Crippen molar-refractivity contribution < 1.29 is 163 Å². The average molecular weight is 1480 g/mol. The first-order valence-corrected chi connectivity index (χ1v) is 39.1. The third-order valence-electron chi connectivity index (χ3n) is 14.5. The molecule has 6 aliphatic rings. The molecule has 41 nitrogen and oxygen atoms in total. The first kappa shape index (κ1) is 78.7. The number of rotatable bonds is 36. The van der Waals surface area contributed by atoms with Crippen molar-refractivity contribution in [2.45, 2.75) is 191 Å². The van der Waals surface area contributed by atoms with Gasteiger partial charge in [-0.2, -0.15) is 0 Å². The lowest BCUT2D eigenvalue weighted by Gasteiger charge is -2.26. The molecular formula is C45H81N6O35P7. The van der Waals surface area contributed by atoms with Crippen LogP contribution >= 0.6 is 54.8 Å². The number of nitrogens with one attached hydrogen (secondary N) is 2. The second-order valence-corrected chi connectivity index (χ2v) is 31.8. The minimum atomic E-state index is -5.11. The van der Waals surface area contributed by atoms with Crippen molar-refractivity contribution in [3.05, 3.63) is 12.2 Å². The van der Waals surface area contributed by atoms with Gasteiger partial charge in [-0.3, -0.25) is 63.6 Å². The molecule has 536 valence electrons. The Balaban J connectivity index is 0.0000123. The summed E-state index contributed by atoms with van der Waals surface area (Å²) in [4.78, 5) is 109. The summed E-state index contributed by atoms with van der Waals surface area (Å²) in [6.45, 7) is 3.08. The second kappa shape index (κ2) is 33.2. The number of ether oxygens (including phenoxy) is 6. The third kappa shape index (κ3) is 24.6. The summed E-state index contributed by atoms with van der Waals surface area (Å²) in [5.41, 5.74) is 6.29. The predicted molar refractivity (Wildman–Crippen MR) is 310 cm³/mol. The van der Waals surface area contributed by atoms with Gasteiger partial charge in [-0.15, -0.1) is 0 Å². The van der Waals surface area contributed by atoms with E-state index in [1.54, 1.807) is 27.7 Å². The molecule has 48 heteroatoms. The van der Waals surface area contributed by atoms with Crippen LogP contribution < -0.4 is 11.1 Å². The summed E-state index contributed by atoms with van der Waals surface area (Å²) in [5.74, 6) is -0.122. The van der Waals surface area contributed by atoms with Crippen LogP contribution in [0.4, 0.5) is 5.82 Å². The molecule has 6 fully saturated rings. The van der Waals surface area contributed by atoms with E-state index in [9.17, 15) is 75.9 Å². The first-order chi connectivity index (χ1) is 42.9. The Hall–Kier alpha value is -1.65. The van der Waals surface area contributed by atoms with E-state index < -0.39 is 198 Å². The fraction of sp³-hybridized carbons (Fsp3) is 0.867. The maximum Gasteiger partial charge on any atom is 0.472 e. The zero-order chi connectivity index (χ0) is 67.2. The number of carbonyl (C=O) groups excluding carboxylic acids is 1. The van der Waals surface area contributed by atoms with E-state index in [1.807, 2.05) is 0 Å². The number of hydrogen-bond acceptors (Lipinski definition) is 31. The smallest absolute Gasteiger partial charge is 0.382 e. The average Bonchev–Trinajstić information content (AvgIpc) is 1.65. The number of fused-ring (bicyclic) bond motifs is 1. The van der Waals surface area contributed by atoms with Crippen LogP contribution in [0.1, 0.15) is 98.9 Å². The van der Waals surface area contributed by atoms with Crippen LogP contribution in [0, 0.1) is 0 Å². The Kier molecular flexibility index (Phi) is 28.1. The standard InChI is InChI=1S/C44H77N6O35P7.CH4/c1-23-11-29(81-87(55,56)68-9-6-8-46-27(5)51)36(75-23)19-72-90(61,62)83-31-13-25(3)77-38(31)21-74-92(65,66)84-32-14-26(4)78-39(32)20-73-91(63,64)82-30-12-24(2)76-37(30)18-71-88(57,58)80-28-7-10-67-35(28)16-70-89(59,60)85-33-15-34(79-40(33)17-69-86(52,53)54)43-49-41-42(45)47-22-48-44(41)50-43;/h22-26,28-40H,6-21H2,1-5H3,(H,46,51)(H,55,56)(H,57,58)(H,59,60)(H,61,62)(H,63,64)(H,65,66)(H2,52,53,54)(H3,45,47,48,49,50);1H4. The van der Waals surface area contributed by atoms with Crippen LogP contribution in [0.15, 0.2) is 6.33 Å². The van der Waals surface area contributed by atoms with E-state index in [1.165, 1.54) is 6.92 Å². The molecule has 0 spiro atoms. The van der Waals surface area contributed by atoms with Crippen molar-refractivity contribution in [1.82, 2.24) is 25.3 Å². The maximum atomic E-state index is 13.4. The zero-order valence-electron chi connectivity index (χ0n) is 49.9. The normalized spacial score (nSPS) is 34.7. The van der Waals surface area contributed by atoms with Gasteiger partial charge >= 0.3 is 54.8 Å². The summed E-state index contributed by atoms with van der Waals surface area (Å²) in [6, 6.07) is 0. The predicted octanol–water partition coefficient (Wildman–Crippen LogP) is 3.55. The number of imidazole rings is 1. The van der Waals surface area contributed by atoms with Gasteiger partial charge in [0.25, 0.3) is 0 Å². The largest absolute Gasteiger partial charge is 0.472 e. The van der Waals surface area contributed by atoms with Crippen LogP contribution in [0.2, 0.25) is 0 Å². The number of amides is 1. The van der Waals surface area contributed by atoms with Gasteiger partial charge in [0, 0.05) is 58.6 Å². The van der Waals surface area contributed by atoms with Gasteiger partial charge in [-0.25, -0.2) is 46.9 Å². The van der Waals surface area contributed by atoms with Gasteiger partial charge in [-0.05, 0) is 34.1 Å². The van der Waals surface area contributed by atoms with Crippen LogP contribution in [0.3, 0.4) is 0 Å². The van der Waals surface area contributed by atoms with Gasteiger partial charge in [0.1, 0.15) is 97.0 Å². The lowest BCUT2D eigenvalue weighted by atomic mass is 10.1. The lowest BCUT2D eigenvalue weighted by Crippen LogP contribution is -2.32. The minimum Gasteiger partial charge on any atom is -0.382 e. The van der Waals surface area contributed by atoms with Gasteiger partial charge in [0.15, 0.2) is 11.5 Å². The van der Waals surface area contributed by atoms with Crippen molar-refractivity contribution >= 4 is 77.6 Å². The molecule has 6 aliphatic heterocycles. The van der Waals surface area contributed by atoms with Gasteiger partial charge in [0.2, 0.25) is 5.91 Å². The second-order valence-electron chi connectivity index (χ2n) is 22.2. The fourth-order valence-corrected chi connectivity index (χ4v) is 16.7. The summed E-state index contributed by atoms with van der Waals surface area (Å²) in [6.07, 6.45) is -17.6. The first-order valence-electron chi connectivity index (χ1n) is 28.6. The number of phosphoric ester groups is 7. The molecule has 0 bridgehead atoms. The molecule has 23 unspecified atom stereocenters. The van der Waals surface area contributed by atoms with Crippen molar-refractivity contribution in [3.8, 4) is 0 Å². The molecular weight excluding hydrogens is 1400 g/mol. The topological polar surface area (TPSA) is 566 Å². The van der Waals surface area contributed by atoms with Gasteiger partial charge in [-0.1, -0.05) is 7.43 Å². The number of carbonyl (C=O) groups is 1. The third-order valence-corrected chi connectivity index (χ3v) is 21.1. The molecule has 2 aromatic heterocycles. The molecule has 0 aromatic carbocycles. The number of H-pyrrole nitrogens is 1. The van der Waals surface area contributed by atoms with Gasteiger partial charge < -0.3 is 83.6 Å². The van der Waals surface area contributed by atoms with Crippen molar-refractivity contribution in [3.63, 3.8) is 0 Å². The Morgan fingerprint density at radius 1 is 0.538 bits per heavy atom. The summed E-state index contributed by atoms with van der Waals surface area (Å²) >= 11 is 0. The Labute approximate surface area is 532 Å². The summed E-state index contributed by atoms with van der Waals surface area (Å²) in [7, 11) is -35.0. The number of aromatic nitrogens is 4. The Morgan fingerprint density at radius 2 is 0.903 bits per heavy atom. The number of phosphoric acid groups is 7. The van der Waals surface area contributed by atoms with Crippen molar-refractivity contribution in [1.29, 1.82) is 0 Å². The highest BCUT2D eigenvalue weighted by atomic mass is 31.2. The van der Waals surface area contributed by atoms with Crippen LogP contribution in [-0.2, 0) is 124 Å². The number of aromatic amines is 1. The van der Waals surface area contributed by atoms with Crippen molar-refractivity contribution in [2.75, 3.05) is 65.1 Å². The van der Waals surface area contributed by atoms with Gasteiger partial charge in [0.05, 0.1) is 70.7 Å². The van der Waals surface area contributed by atoms with Crippen molar-refractivity contribution in [2.24, 2.45) is 0 Å². The number of nitrogens with zero attached hydrogens (tertiary/aromatic N) is 3. The minimum absolute atomic E-state index is 0. The fourth-order valence-electron chi connectivity index (χ4n) is 10.5. The zero-order valence-corrected chi connectivity index (χ0v) is 56.1. The molecule has 0 aliphatic carbocycles. The Bertz CT molecular complexity index is 3160. The van der Waals surface area contributed by atoms with E-state index in [-0.39, 0.29) is 101 Å². The summed E-state index contributed by atoms with van der Waals surface area (Å²) < 4.78 is 193. The van der Waals surface area contributed by atoms with E-state index in [2.05, 4.69) is 29.8 Å². The number of anilines is 1. The molecule has 0 radical (unpaired) electrons. The van der Waals surface area contributed by atoms with Crippen LogP contribution in [0.25, 0.3) is 11.2 Å². The van der Waals surface area contributed by atoms with Crippen LogP contribution in [-0.4, -0.2) is 222 Å². The van der Waals surface area contributed by atoms with E-state index >= 15 is 0 Å². The molecule has 2 aromatic rings. The lowest BCUT2D eigenvalue weighted by molar-refractivity contribution is -0.119. The maximum absolute atomic E-state index is 13.4. The van der Waals surface area contributed by atoms with Crippen LogP contribution in [0.5, 0.6) is 0 Å². The SMILES string of the molecule is C.CC(=O)NCCCOP(=O)(O)OC1CC(C)OC1COP(=O)(O)OC1CC(C)OC1COP(=O)(O)OC1CC(C)OC1COP(=O)(O)OC1CC(C)OC1COP(=O)(O)OC1CCOC1COP(=O)(O)OC1CC(c2nc3ncnc(N)c3[nH]2)OC1COP(=O)(O)O. The molecule has 23 atom stereocenters. The molecule has 0 saturated carbocycles. The molecule has 6 saturated heterocycles. The molecule has 1 amide bonds. The van der Waals surface area contributed by atoms with E-state index in [4.69, 9.17) is 88.4 Å². The van der Waals surface area contributed by atoms with E-state index in [0.717, 1.165) is 6.33 Å². The number of nitrogen functional groups attached to an aromatic ring is 1. The highest BCUT2D eigenvalue weighted by Gasteiger charge is 2.49. The molecule has 8 heterocycles. The summed E-state index contributed by atoms with van der Waals surface area (Å²) in [5, 5.41) is 2.51.